The lowest BCUT2D eigenvalue weighted by Crippen LogP contribution is -2.42. The Labute approximate surface area is 133 Å². The summed E-state index contributed by atoms with van der Waals surface area (Å²) in [5, 5.41) is 0.211. The Bertz CT molecular complexity index is 513. The van der Waals surface area contributed by atoms with Gasteiger partial charge >= 0.3 is 11.9 Å². The Balaban J connectivity index is 1.71. The summed E-state index contributed by atoms with van der Waals surface area (Å²) < 4.78 is 17.2. The molecule has 22 heavy (non-hydrogen) atoms. The third-order valence-corrected chi connectivity index (χ3v) is 9.04. The summed E-state index contributed by atoms with van der Waals surface area (Å²) in [6.45, 7) is 11.3. The lowest BCUT2D eigenvalue weighted by molar-refractivity contribution is -0.162. The van der Waals surface area contributed by atoms with E-state index in [-0.39, 0.29) is 5.04 Å². The summed E-state index contributed by atoms with van der Waals surface area (Å²) in [4.78, 5) is 24.1. The first-order valence-corrected chi connectivity index (χ1v) is 10.4. The topological polar surface area (TPSA) is 61.8 Å². The number of fused-ring (bicyclic) bond motifs is 5. The van der Waals surface area contributed by atoms with Crippen molar-refractivity contribution in [1.82, 2.24) is 0 Å². The first-order chi connectivity index (χ1) is 10.1. The van der Waals surface area contributed by atoms with Crippen LogP contribution in [0.15, 0.2) is 0 Å². The summed E-state index contributed by atoms with van der Waals surface area (Å²) in [6, 6.07) is 0. The molecule has 3 unspecified atom stereocenters. The first-order valence-electron chi connectivity index (χ1n) is 8.16. The molecule has 0 aromatic rings. The standard InChI is InChI=1S/C16H26O5Si/c1-14(2,3)22(5)19-9-8-16-7-6-15(4,21-16)10-11(16)13(18)20-12(10)17/h10-11,22H,6-9H2,1-5H3/t10-,11+,15?,16?,22?/m1/s1. The van der Waals surface area contributed by atoms with Gasteiger partial charge in [0.25, 0.3) is 0 Å². The van der Waals surface area contributed by atoms with Crippen molar-refractivity contribution in [1.29, 1.82) is 0 Å². The molecular formula is C16H26O5Si. The molecule has 5 atom stereocenters. The number of ether oxygens (including phenoxy) is 2. The van der Waals surface area contributed by atoms with E-state index in [2.05, 4.69) is 27.3 Å². The molecule has 3 heterocycles. The molecule has 0 amide bonds. The van der Waals surface area contributed by atoms with Gasteiger partial charge in [-0.2, -0.15) is 0 Å². The zero-order valence-electron chi connectivity index (χ0n) is 14.1. The van der Waals surface area contributed by atoms with Crippen LogP contribution in [0.1, 0.15) is 47.0 Å². The second-order valence-electron chi connectivity index (χ2n) is 8.30. The van der Waals surface area contributed by atoms with Gasteiger partial charge in [0.05, 0.1) is 11.2 Å². The molecule has 0 aliphatic carbocycles. The molecule has 3 aliphatic heterocycles. The van der Waals surface area contributed by atoms with Crippen molar-refractivity contribution in [3.63, 3.8) is 0 Å². The van der Waals surface area contributed by atoms with Gasteiger partial charge in [0, 0.05) is 6.61 Å². The normalized spacial score (nSPS) is 41.7. The van der Waals surface area contributed by atoms with Crippen molar-refractivity contribution in [2.45, 2.75) is 69.7 Å². The van der Waals surface area contributed by atoms with Crippen LogP contribution >= 0.6 is 0 Å². The molecule has 2 bridgehead atoms. The van der Waals surface area contributed by atoms with Gasteiger partial charge in [-0.3, -0.25) is 9.59 Å². The van der Waals surface area contributed by atoms with E-state index in [0.29, 0.717) is 13.0 Å². The van der Waals surface area contributed by atoms with E-state index in [1.165, 1.54) is 0 Å². The maximum atomic E-state index is 12.1. The molecule has 0 aromatic heterocycles. The molecule has 3 fully saturated rings. The van der Waals surface area contributed by atoms with Crippen LogP contribution in [0, 0.1) is 11.8 Å². The van der Waals surface area contributed by atoms with E-state index in [4.69, 9.17) is 13.9 Å². The maximum Gasteiger partial charge on any atom is 0.320 e. The van der Waals surface area contributed by atoms with Gasteiger partial charge in [-0.15, -0.1) is 0 Å². The average Bonchev–Trinajstić information content (AvgIpc) is 2.96. The second kappa shape index (κ2) is 4.88. The highest BCUT2D eigenvalue weighted by Gasteiger charge is 2.73. The lowest BCUT2D eigenvalue weighted by Gasteiger charge is -2.31. The lowest BCUT2D eigenvalue weighted by atomic mass is 9.67. The highest BCUT2D eigenvalue weighted by atomic mass is 28.3. The van der Waals surface area contributed by atoms with Gasteiger partial charge in [0.1, 0.15) is 11.8 Å². The Hall–Kier alpha value is -0.723. The number of carbonyl (C=O) groups excluding carboxylic acids is 2. The van der Waals surface area contributed by atoms with Crippen LogP contribution < -0.4 is 0 Å². The van der Waals surface area contributed by atoms with Gasteiger partial charge in [-0.1, -0.05) is 20.8 Å². The van der Waals surface area contributed by atoms with Crippen LogP contribution in [0.25, 0.3) is 0 Å². The fraction of sp³-hybridized carbons (Fsp3) is 0.875. The first kappa shape index (κ1) is 16.1. The number of hydrogen-bond donors (Lipinski definition) is 0. The number of rotatable bonds is 4. The highest BCUT2D eigenvalue weighted by Crippen LogP contribution is 2.61. The van der Waals surface area contributed by atoms with Gasteiger partial charge in [0.2, 0.25) is 0 Å². The van der Waals surface area contributed by atoms with Crippen molar-refractivity contribution in [3.05, 3.63) is 0 Å². The number of cyclic esters (lactones) is 2. The monoisotopic (exact) mass is 326 g/mol. The SMILES string of the molecule is C[SiH](OCCC12CCC(C)(O1)[C@H]1C(=O)OC(=O)[C@H]12)C(C)(C)C. The molecule has 5 nitrogen and oxygen atoms in total. The van der Waals surface area contributed by atoms with Crippen molar-refractivity contribution < 1.29 is 23.5 Å². The molecule has 124 valence electrons. The number of hydrogen-bond acceptors (Lipinski definition) is 5. The Morgan fingerprint density at radius 1 is 1.23 bits per heavy atom. The predicted molar refractivity (Wildman–Crippen MR) is 82.8 cm³/mol. The van der Waals surface area contributed by atoms with E-state index < -0.39 is 44.0 Å². The maximum absolute atomic E-state index is 12.1. The molecule has 0 saturated carbocycles. The summed E-state index contributed by atoms with van der Waals surface area (Å²) in [5.41, 5.74) is -1.10. The largest absolute Gasteiger partial charge is 0.420 e. The summed E-state index contributed by atoms with van der Waals surface area (Å²) in [6.07, 6.45) is 2.28. The van der Waals surface area contributed by atoms with Crippen molar-refractivity contribution in [2.75, 3.05) is 6.61 Å². The van der Waals surface area contributed by atoms with Crippen molar-refractivity contribution >= 4 is 21.0 Å². The van der Waals surface area contributed by atoms with E-state index in [1.807, 2.05) is 6.92 Å². The zero-order chi connectivity index (χ0) is 16.3. The molecule has 0 aromatic carbocycles. The van der Waals surface area contributed by atoms with Crippen LogP contribution in [0.4, 0.5) is 0 Å². The third-order valence-electron chi connectivity index (χ3n) is 5.86. The smallest absolute Gasteiger partial charge is 0.320 e. The van der Waals surface area contributed by atoms with E-state index in [1.54, 1.807) is 0 Å². The van der Waals surface area contributed by atoms with E-state index in [9.17, 15) is 9.59 Å². The highest BCUT2D eigenvalue weighted by molar-refractivity contribution is 6.53. The molecule has 0 radical (unpaired) electrons. The predicted octanol–water partition coefficient (Wildman–Crippen LogP) is 2.18. The Morgan fingerprint density at radius 2 is 1.86 bits per heavy atom. The number of esters is 2. The molecule has 6 heteroatoms. The minimum absolute atomic E-state index is 0.211. The number of carbonyl (C=O) groups is 2. The van der Waals surface area contributed by atoms with Crippen LogP contribution in [0.5, 0.6) is 0 Å². The molecule has 3 aliphatic rings. The van der Waals surface area contributed by atoms with Crippen LogP contribution in [-0.4, -0.2) is 38.8 Å². The minimum Gasteiger partial charge on any atom is -0.420 e. The molecule has 0 spiro atoms. The van der Waals surface area contributed by atoms with Crippen molar-refractivity contribution in [3.8, 4) is 0 Å². The molecule has 3 rings (SSSR count). The average molecular weight is 326 g/mol. The third kappa shape index (κ3) is 2.27. The fourth-order valence-corrected chi connectivity index (χ4v) is 5.04. The van der Waals surface area contributed by atoms with Gasteiger partial charge in [-0.05, 0) is 37.8 Å². The summed E-state index contributed by atoms with van der Waals surface area (Å²) in [7, 11) is -1.29. The van der Waals surface area contributed by atoms with E-state index in [0.717, 1.165) is 12.8 Å². The quantitative estimate of drug-likeness (QED) is 0.450. The molecule has 3 saturated heterocycles. The molecular weight excluding hydrogens is 300 g/mol. The van der Waals surface area contributed by atoms with Gasteiger partial charge in [0.15, 0.2) is 9.04 Å². The van der Waals surface area contributed by atoms with Gasteiger partial charge < -0.3 is 13.9 Å². The molecule has 0 N–H and O–H groups in total. The van der Waals surface area contributed by atoms with E-state index >= 15 is 0 Å². The zero-order valence-corrected chi connectivity index (χ0v) is 15.3. The minimum atomic E-state index is -1.29. The van der Waals surface area contributed by atoms with Crippen LogP contribution in [0.2, 0.25) is 11.6 Å². The van der Waals surface area contributed by atoms with Crippen LogP contribution in [-0.2, 0) is 23.5 Å². The Kier molecular flexibility index (Phi) is 3.58. The summed E-state index contributed by atoms with van der Waals surface area (Å²) in [5.74, 6) is -1.67. The second-order valence-corrected chi connectivity index (χ2v) is 11.7. The fourth-order valence-electron chi connectivity index (χ4n) is 4.07. The van der Waals surface area contributed by atoms with Gasteiger partial charge in [-0.25, -0.2) is 0 Å². The van der Waals surface area contributed by atoms with Crippen LogP contribution in [0.3, 0.4) is 0 Å². The summed E-state index contributed by atoms with van der Waals surface area (Å²) >= 11 is 0. The van der Waals surface area contributed by atoms with Crippen molar-refractivity contribution in [2.24, 2.45) is 11.8 Å². The Morgan fingerprint density at radius 3 is 2.50 bits per heavy atom.